The molecule has 0 atom stereocenters. The van der Waals surface area contributed by atoms with E-state index in [-0.39, 0.29) is 37.0 Å². The molecule has 0 aliphatic carbocycles. The fourth-order valence-electron chi connectivity index (χ4n) is 3.48. The predicted octanol–water partition coefficient (Wildman–Crippen LogP) is 2.17. The van der Waals surface area contributed by atoms with E-state index in [1.807, 2.05) is 24.3 Å². The summed E-state index contributed by atoms with van der Waals surface area (Å²) in [4.78, 5) is 21.5. The minimum absolute atomic E-state index is 0.0478. The first kappa shape index (κ1) is 19.5. The van der Waals surface area contributed by atoms with Crippen molar-refractivity contribution in [3.8, 4) is 0 Å². The van der Waals surface area contributed by atoms with Crippen LogP contribution in [-0.4, -0.2) is 59.7 Å². The van der Waals surface area contributed by atoms with Gasteiger partial charge in [-0.25, -0.2) is 17.8 Å². The van der Waals surface area contributed by atoms with Crippen LogP contribution in [0.3, 0.4) is 0 Å². The third kappa shape index (κ3) is 4.01. The number of hydrogen-bond donors (Lipinski definition) is 1. The van der Waals surface area contributed by atoms with Crippen LogP contribution in [0.5, 0.6) is 0 Å². The Morgan fingerprint density at radius 2 is 1.72 bits per heavy atom. The standard InChI is InChI=1S/C20H21FN4O3S/c21-15-5-1-4-8-18(15)29(27,28)25-13-11-24(12-14-25)20(26)10-9-19-22-16-6-2-3-7-17(16)23-19/h1-8H,9-14H2,(H,22,23). The Kier molecular flexibility index (Phi) is 5.33. The molecule has 1 fully saturated rings. The molecule has 9 heteroatoms. The number of H-pyrrole nitrogens is 1. The van der Waals surface area contributed by atoms with Gasteiger partial charge in [-0.3, -0.25) is 4.79 Å². The topological polar surface area (TPSA) is 86.4 Å². The van der Waals surface area contributed by atoms with Crippen LogP contribution in [0.25, 0.3) is 11.0 Å². The van der Waals surface area contributed by atoms with Gasteiger partial charge in [0.05, 0.1) is 11.0 Å². The number of fused-ring (bicyclic) bond motifs is 1. The van der Waals surface area contributed by atoms with E-state index < -0.39 is 15.8 Å². The molecule has 1 aromatic heterocycles. The van der Waals surface area contributed by atoms with E-state index in [4.69, 9.17) is 0 Å². The molecule has 0 spiro atoms. The van der Waals surface area contributed by atoms with Crippen molar-refractivity contribution in [3.05, 3.63) is 60.2 Å². The number of aryl methyl sites for hydroxylation is 1. The zero-order valence-corrected chi connectivity index (χ0v) is 16.5. The van der Waals surface area contributed by atoms with Crippen LogP contribution in [0.1, 0.15) is 12.2 Å². The quantitative estimate of drug-likeness (QED) is 0.691. The fraction of sp³-hybridized carbons (Fsp3) is 0.300. The van der Waals surface area contributed by atoms with E-state index in [1.165, 1.54) is 22.5 Å². The lowest BCUT2D eigenvalue weighted by atomic mass is 10.2. The second kappa shape index (κ2) is 7.92. The Labute approximate surface area is 168 Å². The number of carbonyl (C=O) groups is 1. The molecule has 0 bridgehead atoms. The Balaban J connectivity index is 1.34. The van der Waals surface area contributed by atoms with Crippen LogP contribution < -0.4 is 0 Å². The molecule has 2 heterocycles. The SMILES string of the molecule is O=C(CCc1nc2ccccc2[nH]1)N1CCN(S(=O)(=O)c2ccccc2F)CC1. The number of carbonyl (C=O) groups excluding carboxylic acids is 1. The van der Waals surface area contributed by atoms with Crippen molar-refractivity contribution < 1.29 is 17.6 Å². The molecular formula is C20H21FN4O3S. The molecule has 3 aromatic rings. The zero-order chi connectivity index (χ0) is 20.4. The van der Waals surface area contributed by atoms with E-state index in [0.29, 0.717) is 12.8 Å². The van der Waals surface area contributed by atoms with Crippen molar-refractivity contribution in [2.45, 2.75) is 17.7 Å². The largest absolute Gasteiger partial charge is 0.342 e. The Morgan fingerprint density at radius 1 is 1.03 bits per heavy atom. The lowest BCUT2D eigenvalue weighted by molar-refractivity contribution is -0.132. The molecule has 1 amide bonds. The highest BCUT2D eigenvalue weighted by molar-refractivity contribution is 7.89. The van der Waals surface area contributed by atoms with Crippen molar-refractivity contribution in [1.82, 2.24) is 19.2 Å². The first-order valence-corrected chi connectivity index (χ1v) is 10.9. The first-order valence-electron chi connectivity index (χ1n) is 9.41. The van der Waals surface area contributed by atoms with Crippen LogP contribution >= 0.6 is 0 Å². The van der Waals surface area contributed by atoms with Crippen LogP contribution in [0.4, 0.5) is 4.39 Å². The van der Waals surface area contributed by atoms with Gasteiger partial charge in [-0.2, -0.15) is 4.31 Å². The summed E-state index contributed by atoms with van der Waals surface area (Å²) >= 11 is 0. The molecule has 152 valence electrons. The maximum absolute atomic E-state index is 13.9. The molecule has 2 aromatic carbocycles. The molecule has 4 rings (SSSR count). The Morgan fingerprint density at radius 3 is 2.45 bits per heavy atom. The van der Waals surface area contributed by atoms with Crippen LogP contribution in [0.2, 0.25) is 0 Å². The monoisotopic (exact) mass is 416 g/mol. The average molecular weight is 416 g/mol. The molecule has 0 unspecified atom stereocenters. The van der Waals surface area contributed by atoms with Gasteiger partial charge < -0.3 is 9.88 Å². The van der Waals surface area contributed by atoms with Gasteiger partial charge in [0, 0.05) is 39.0 Å². The van der Waals surface area contributed by atoms with E-state index in [2.05, 4.69) is 9.97 Å². The van der Waals surface area contributed by atoms with Gasteiger partial charge in [0.2, 0.25) is 15.9 Å². The van der Waals surface area contributed by atoms with E-state index in [9.17, 15) is 17.6 Å². The number of nitrogens with zero attached hydrogens (tertiary/aromatic N) is 3. The molecule has 7 nitrogen and oxygen atoms in total. The van der Waals surface area contributed by atoms with Crippen molar-refractivity contribution in [2.75, 3.05) is 26.2 Å². The zero-order valence-electron chi connectivity index (χ0n) is 15.7. The number of para-hydroxylation sites is 2. The summed E-state index contributed by atoms with van der Waals surface area (Å²) in [6, 6.07) is 13.0. The number of hydrogen-bond acceptors (Lipinski definition) is 4. The predicted molar refractivity (Wildman–Crippen MR) is 106 cm³/mol. The van der Waals surface area contributed by atoms with Crippen molar-refractivity contribution in [1.29, 1.82) is 0 Å². The highest BCUT2D eigenvalue weighted by Crippen LogP contribution is 2.20. The second-order valence-corrected chi connectivity index (χ2v) is 8.82. The summed E-state index contributed by atoms with van der Waals surface area (Å²) in [5.41, 5.74) is 1.80. The number of imidazole rings is 1. The Bertz CT molecular complexity index is 1100. The van der Waals surface area contributed by atoms with Gasteiger partial charge in [0.1, 0.15) is 16.5 Å². The lowest BCUT2D eigenvalue weighted by Crippen LogP contribution is -2.50. The van der Waals surface area contributed by atoms with Crippen LogP contribution in [-0.2, 0) is 21.2 Å². The third-order valence-electron chi connectivity index (χ3n) is 5.06. The molecule has 1 aliphatic rings. The minimum atomic E-state index is -3.91. The summed E-state index contributed by atoms with van der Waals surface area (Å²) < 4.78 is 40.4. The highest BCUT2D eigenvalue weighted by Gasteiger charge is 2.31. The molecular weight excluding hydrogens is 395 g/mol. The number of rotatable bonds is 5. The lowest BCUT2D eigenvalue weighted by Gasteiger charge is -2.34. The number of nitrogens with one attached hydrogen (secondary N) is 1. The van der Waals surface area contributed by atoms with E-state index in [1.54, 1.807) is 4.90 Å². The van der Waals surface area contributed by atoms with Gasteiger partial charge in [-0.05, 0) is 24.3 Å². The number of piperazine rings is 1. The molecule has 1 N–H and O–H groups in total. The molecule has 1 aliphatic heterocycles. The molecule has 0 radical (unpaired) electrons. The summed E-state index contributed by atoms with van der Waals surface area (Å²) in [6.45, 7) is 0.860. The normalized spacial score (nSPS) is 15.7. The second-order valence-electron chi connectivity index (χ2n) is 6.92. The van der Waals surface area contributed by atoms with Crippen molar-refractivity contribution >= 4 is 27.0 Å². The summed E-state index contributed by atoms with van der Waals surface area (Å²) in [6.07, 6.45) is 0.779. The molecule has 0 saturated carbocycles. The number of aromatic nitrogens is 2. The van der Waals surface area contributed by atoms with Gasteiger partial charge in [-0.15, -0.1) is 0 Å². The minimum Gasteiger partial charge on any atom is -0.342 e. The van der Waals surface area contributed by atoms with Crippen molar-refractivity contribution in [3.63, 3.8) is 0 Å². The van der Waals surface area contributed by atoms with Gasteiger partial charge in [0.25, 0.3) is 0 Å². The molecule has 1 saturated heterocycles. The van der Waals surface area contributed by atoms with E-state index in [0.717, 1.165) is 22.9 Å². The van der Waals surface area contributed by atoms with Gasteiger partial charge in [0.15, 0.2) is 0 Å². The van der Waals surface area contributed by atoms with Gasteiger partial charge >= 0.3 is 0 Å². The summed E-state index contributed by atoms with van der Waals surface area (Å²) in [5, 5.41) is 0. The summed E-state index contributed by atoms with van der Waals surface area (Å²) in [7, 11) is -3.91. The van der Waals surface area contributed by atoms with Gasteiger partial charge in [-0.1, -0.05) is 24.3 Å². The highest BCUT2D eigenvalue weighted by atomic mass is 32.2. The smallest absolute Gasteiger partial charge is 0.246 e. The van der Waals surface area contributed by atoms with E-state index >= 15 is 0 Å². The average Bonchev–Trinajstić information content (AvgIpc) is 3.15. The van der Waals surface area contributed by atoms with Crippen molar-refractivity contribution in [2.24, 2.45) is 0 Å². The summed E-state index contributed by atoms with van der Waals surface area (Å²) in [5.74, 6) is -0.0643. The number of sulfonamides is 1. The van der Waals surface area contributed by atoms with Crippen LogP contribution in [0, 0.1) is 5.82 Å². The van der Waals surface area contributed by atoms with Crippen LogP contribution in [0.15, 0.2) is 53.4 Å². The maximum Gasteiger partial charge on any atom is 0.246 e. The Hall–Kier alpha value is -2.78. The number of halogens is 1. The number of aromatic amines is 1. The maximum atomic E-state index is 13.9. The first-order chi connectivity index (χ1) is 13.9. The number of benzene rings is 2. The number of amides is 1. The fourth-order valence-corrected chi connectivity index (χ4v) is 4.97. The molecule has 29 heavy (non-hydrogen) atoms. The third-order valence-corrected chi connectivity index (χ3v) is 6.99.